The van der Waals surface area contributed by atoms with Crippen LogP contribution in [0.3, 0.4) is 0 Å². The number of carbonyl (C=O) groups excluding carboxylic acids is 1. The summed E-state index contributed by atoms with van der Waals surface area (Å²) in [6.45, 7) is 4.13. The fourth-order valence-electron chi connectivity index (χ4n) is 2.22. The van der Waals surface area contributed by atoms with E-state index in [2.05, 4.69) is 29.7 Å². The van der Waals surface area contributed by atoms with Crippen LogP contribution in [0.25, 0.3) is 0 Å². The van der Waals surface area contributed by atoms with Crippen LogP contribution in [0.4, 0.5) is 0 Å². The van der Waals surface area contributed by atoms with E-state index in [4.69, 9.17) is 4.74 Å². The molecule has 1 aromatic rings. The Hall–Kier alpha value is -1.39. The van der Waals surface area contributed by atoms with Gasteiger partial charge in [0, 0.05) is 19.1 Å². The van der Waals surface area contributed by atoms with Crippen LogP contribution in [0, 0.1) is 0 Å². The van der Waals surface area contributed by atoms with E-state index < -0.39 is 0 Å². The second kappa shape index (κ2) is 7.26. The number of morpholine rings is 1. The van der Waals surface area contributed by atoms with E-state index in [1.165, 1.54) is 5.56 Å². The van der Waals surface area contributed by atoms with Gasteiger partial charge in [0.25, 0.3) is 5.91 Å². The minimum absolute atomic E-state index is 0.00465. The van der Waals surface area contributed by atoms with Crippen molar-refractivity contribution in [1.82, 2.24) is 10.6 Å². The van der Waals surface area contributed by atoms with E-state index in [9.17, 15) is 4.79 Å². The maximum absolute atomic E-state index is 12.1. The fourth-order valence-corrected chi connectivity index (χ4v) is 2.22. The van der Waals surface area contributed by atoms with Crippen LogP contribution in [0.5, 0.6) is 0 Å². The number of amides is 1. The average molecular weight is 262 g/mol. The molecule has 0 saturated carbocycles. The summed E-state index contributed by atoms with van der Waals surface area (Å²) in [7, 11) is 0. The molecule has 1 amide bonds. The first-order valence-corrected chi connectivity index (χ1v) is 6.96. The summed E-state index contributed by atoms with van der Waals surface area (Å²) in [5.41, 5.74) is 1.25. The van der Waals surface area contributed by atoms with Crippen molar-refractivity contribution in [3.63, 3.8) is 0 Å². The Labute approximate surface area is 114 Å². The van der Waals surface area contributed by atoms with E-state index >= 15 is 0 Å². The van der Waals surface area contributed by atoms with Gasteiger partial charge in [0.05, 0.1) is 6.61 Å². The van der Waals surface area contributed by atoms with Gasteiger partial charge in [-0.05, 0) is 18.4 Å². The Kier molecular flexibility index (Phi) is 5.36. The lowest BCUT2D eigenvalue weighted by Gasteiger charge is -2.25. The van der Waals surface area contributed by atoms with E-state index in [0.29, 0.717) is 13.2 Å². The number of rotatable bonds is 5. The van der Waals surface area contributed by atoms with Gasteiger partial charge in [0.15, 0.2) is 0 Å². The number of nitrogens with one attached hydrogen (secondary N) is 2. The molecule has 2 rings (SSSR count). The van der Waals surface area contributed by atoms with Crippen LogP contribution in [-0.4, -0.2) is 37.7 Å². The quantitative estimate of drug-likeness (QED) is 0.836. The summed E-state index contributed by atoms with van der Waals surface area (Å²) in [4.78, 5) is 12.1. The standard InChI is InChI=1S/C15H22N2O2/c1-2-13(10-12-6-4-3-5-7-12)17-15(18)14-11-16-8-9-19-14/h3-7,13-14,16H,2,8-11H2,1H3,(H,17,18). The van der Waals surface area contributed by atoms with Gasteiger partial charge in [0.1, 0.15) is 6.10 Å². The Bertz CT molecular complexity index is 388. The van der Waals surface area contributed by atoms with Crippen LogP contribution in [-0.2, 0) is 16.0 Å². The second-order valence-corrected chi connectivity index (χ2v) is 4.87. The van der Waals surface area contributed by atoms with Gasteiger partial charge < -0.3 is 15.4 Å². The molecule has 2 unspecified atom stereocenters. The molecule has 0 bridgehead atoms. The van der Waals surface area contributed by atoms with Gasteiger partial charge in [-0.25, -0.2) is 0 Å². The molecule has 4 heteroatoms. The maximum Gasteiger partial charge on any atom is 0.250 e. The van der Waals surface area contributed by atoms with Crippen LogP contribution in [0.1, 0.15) is 18.9 Å². The zero-order valence-electron chi connectivity index (χ0n) is 11.4. The zero-order valence-corrected chi connectivity index (χ0v) is 11.4. The summed E-state index contributed by atoms with van der Waals surface area (Å²) >= 11 is 0. The van der Waals surface area contributed by atoms with Crippen molar-refractivity contribution < 1.29 is 9.53 Å². The molecule has 1 aliphatic rings. The lowest BCUT2D eigenvalue weighted by Crippen LogP contribution is -2.50. The molecule has 1 aromatic carbocycles. The second-order valence-electron chi connectivity index (χ2n) is 4.87. The molecule has 19 heavy (non-hydrogen) atoms. The summed E-state index contributed by atoms with van der Waals surface area (Å²) in [5, 5.41) is 6.25. The van der Waals surface area contributed by atoms with Crippen molar-refractivity contribution in [2.45, 2.75) is 31.9 Å². The van der Waals surface area contributed by atoms with Gasteiger partial charge in [0.2, 0.25) is 0 Å². The molecule has 2 atom stereocenters. The smallest absolute Gasteiger partial charge is 0.250 e. The molecule has 1 aliphatic heterocycles. The predicted molar refractivity (Wildman–Crippen MR) is 75.0 cm³/mol. The third kappa shape index (κ3) is 4.33. The SMILES string of the molecule is CCC(Cc1ccccc1)NC(=O)C1CNCCO1. The van der Waals surface area contributed by atoms with Crippen LogP contribution in [0.2, 0.25) is 0 Å². The molecule has 0 radical (unpaired) electrons. The molecule has 1 heterocycles. The molecule has 4 nitrogen and oxygen atoms in total. The van der Waals surface area contributed by atoms with E-state index in [-0.39, 0.29) is 18.1 Å². The molecule has 104 valence electrons. The summed E-state index contributed by atoms with van der Waals surface area (Å²) < 4.78 is 5.46. The van der Waals surface area contributed by atoms with Crippen molar-refractivity contribution in [2.24, 2.45) is 0 Å². The third-order valence-electron chi connectivity index (χ3n) is 3.38. The highest BCUT2D eigenvalue weighted by atomic mass is 16.5. The molecule has 2 N–H and O–H groups in total. The van der Waals surface area contributed by atoms with Crippen molar-refractivity contribution >= 4 is 5.91 Å². The lowest BCUT2D eigenvalue weighted by molar-refractivity contribution is -0.135. The van der Waals surface area contributed by atoms with Gasteiger partial charge >= 0.3 is 0 Å². The Balaban J connectivity index is 1.86. The van der Waals surface area contributed by atoms with Gasteiger partial charge in [-0.2, -0.15) is 0 Å². The van der Waals surface area contributed by atoms with E-state index in [1.807, 2.05) is 18.2 Å². The predicted octanol–water partition coefficient (Wildman–Crippen LogP) is 1.11. The monoisotopic (exact) mass is 262 g/mol. The first-order valence-electron chi connectivity index (χ1n) is 6.96. The summed E-state index contributed by atoms with van der Waals surface area (Å²) in [6, 6.07) is 10.4. The van der Waals surface area contributed by atoms with Gasteiger partial charge in [-0.3, -0.25) is 4.79 Å². The van der Waals surface area contributed by atoms with Crippen molar-refractivity contribution in [3.8, 4) is 0 Å². The highest BCUT2D eigenvalue weighted by Crippen LogP contribution is 2.06. The summed E-state index contributed by atoms with van der Waals surface area (Å²) in [6.07, 6.45) is 1.43. The van der Waals surface area contributed by atoms with Gasteiger partial charge in [-0.1, -0.05) is 37.3 Å². The first kappa shape index (κ1) is 14.0. The maximum atomic E-state index is 12.1. The van der Waals surface area contributed by atoms with Crippen molar-refractivity contribution in [1.29, 1.82) is 0 Å². The fraction of sp³-hybridized carbons (Fsp3) is 0.533. The Morgan fingerprint density at radius 2 is 2.26 bits per heavy atom. The van der Waals surface area contributed by atoms with E-state index in [1.54, 1.807) is 0 Å². The highest BCUT2D eigenvalue weighted by Gasteiger charge is 2.23. The first-order chi connectivity index (χ1) is 9.29. The molecule has 0 spiro atoms. The highest BCUT2D eigenvalue weighted by molar-refractivity contribution is 5.81. The largest absolute Gasteiger partial charge is 0.366 e. The van der Waals surface area contributed by atoms with Gasteiger partial charge in [-0.15, -0.1) is 0 Å². The number of ether oxygens (including phenoxy) is 1. The Morgan fingerprint density at radius 3 is 2.89 bits per heavy atom. The molecular formula is C15H22N2O2. The molecular weight excluding hydrogens is 240 g/mol. The van der Waals surface area contributed by atoms with E-state index in [0.717, 1.165) is 19.4 Å². The summed E-state index contributed by atoms with van der Waals surface area (Å²) in [5.74, 6) is -0.00465. The average Bonchev–Trinajstić information content (AvgIpc) is 2.48. The normalized spacial score (nSPS) is 20.8. The lowest BCUT2D eigenvalue weighted by atomic mass is 10.0. The molecule has 1 fully saturated rings. The topological polar surface area (TPSA) is 50.4 Å². The van der Waals surface area contributed by atoms with Crippen LogP contribution >= 0.6 is 0 Å². The number of benzene rings is 1. The molecule has 0 aromatic heterocycles. The number of carbonyl (C=O) groups is 1. The van der Waals surface area contributed by atoms with Crippen LogP contribution in [0.15, 0.2) is 30.3 Å². The number of hydrogen-bond acceptors (Lipinski definition) is 3. The number of hydrogen-bond donors (Lipinski definition) is 2. The molecule has 0 aliphatic carbocycles. The van der Waals surface area contributed by atoms with Crippen LogP contribution < -0.4 is 10.6 Å². The van der Waals surface area contributed by atoms with Crippen molar-refractivity contribution in [3.05, 3.63) is 35.9 Å². The minimum Gasteiger partial charge on any atom is -0.366 e. The Morgan fingerprint density at radius 1 is 1.47 bits per heavy atom. The third-order valence-corrected chi connectivity index (χ3v) is 3.38. The zero-order chi connectivity index (χ0) is 13.5. The minimum atomic E-state index is -0.349. The van der Waals surface area contributed by atoms with Crippen molar-refractivity contribution in [2.75, 3.05) is 19.7 Å². The molecule has 1 saturated heterocycles.